The molecule has 1 atom stereocenters. The lowest BCUT2D eigenvalue weighted by Crippen LogP contribution is -2.40. The Hall–Kier alpha value is -3.35. The van der Waals surface area contributed by atoms with Gasteiger partial charge in [-0.3, -0.25) is 0 Å². The minimum absolute atomic E-state index is 0.0239. The molecule has 1 amide bonds. The number of hydrogen-bond acceptors (Lipinski definition) is 5. The third-order valence-electron chi connectivity index (χ3n) is 6.26. The second kappa shape index (κ2) is 11.2. The highest BCUT2D eigenvalue weighted by Gasteiger charge is 2.37. The zero-order valence-electron chi connectivity index (χ0n) is 19.7. The second-order valence-electron chi connectivity index (χ2n) is 8.93. The number of halogens is 7. The zero-order chi connectivity index (χ0) is 27.5. The van der Waals surface area contributed by atoms with Crippen LogP contribution in [-0.4, -0.2) is 44.3 Å². The van der Waals surface area contributed by atoms with E-state index in [1.807, 2.05) is 0 Å². The van der Waals surface area contributed by atoms with E-state index < -0.39 is 35.7 Å². The summed E-state index contributed by atoms with van der Waals surface area (Å²) in [6.07, 6.45) is -9.23. The van der Waals surface area contributed by atoms with Gasteiger partial charge in [0.2, 0.25) is 0 Å². The van der Waals surface area contributed by atoms with Gasteiger partial charge in [-0.15, -0.1) is 10.2 Å². The molecule has 1 aliphatic heterocycles. The van der Waals surface area contributed by atoms with Crippen LogP contribution in [0.3, 0.4) is 0 Å². The Balaban J connectivity index is 1.41. The molecule has 0 saturated carbocycles. The van der Waals surface area contributed by atoms with Gasteiger partial charge in [0, 0.05) is 23.7 Å². The molecule has 0 spiro atoms. The van der Waals surface area contributed by atoms with Gasteiger partial charge in [-0.1, -0.05) is 29.8 Å². The quantitative estimate of drug-likeness (QED) is 0.335. The Labute approximate surface area is 218 Å². The second-order valence-corrected chi connectivity index (χ2v) is 9.34. The van der Waals surface area contributed by atoms with Gasteiger partial charge in [0.25, 0.3) is 0 Å². The van der Waals surface area contributed by atoms with Gasteiger partial charge in [0.05, 0.1) is 11.1 Å². The maximum Gasteiger partial charge on any atom is 0.416 e. The number of piperidine rings is 1. The molecular formula is C24H22ClF6N5O2. The lowest BCUT2D eigenvalue weighted by Gasteiger charge is -2.32. The SMILES string of the molecule is O=C(OC(Cn1ncnn1)c1ccccc1Cl)N1CCC(Cc2cc(C(F)(F)F)cc(C(F)(F)F)c2)CC1. The molecule has 1 aliphatic rings. The number of nitrogens with zero attached hydrogens (tertiary/aromatic N) is 5. The van der Waals surface area contributed by atoms with Crippen LogP contribution < -0.4 is 0 Å². The van der Waals surface area contributed by atoms with Crippen molar-refractivity contribution in [3.8, 4) is 0 Å². The van der Waals surface area contributed by atoms with Crippen molar-refractivity contribution in [2.75, 3.05) is 13.1 Å². The lowest BCUT2D eigenvalue weighted by molar-refractivity contribution is -0.143. The highest BCUT2D eigenvalue weighted by atomic mass is 35.5. The van der Waals surface area contributed by atoms with E-state index in [4.69, 9.17) is 16.3 Å². The molecule has 14 heteroatoms. The molecule has 1 saturated heterocycles. The standard InChI is InChI=1S/C24H22ClF6N5O2/c25-20-4-2-1-3-19(20)21(13-36-33-14-32-34-36)38-22(37)35-7-5-15(6-8-35)9-16-10-17(23(26,27)28)12-18(11-16)24(29,30)31/h1-4,10-12,14-15,21H,5-9,13H2. The van der Waals surface area contributed by atoms with Crippen molar-refractivity contribution >= 4 is 17.7 Å². The van der Waals surface area contributed by atoms with Crippen molar-refractivity contribution in [2.24, 2.45) is 5.92 Å². The lowest BCUT2D eigenvalue weighted by atomic mass is 9.89. The summed E-state index contributed by atoms with van der Waals surface area (Å²) in [6, 6.07) is 8.44. The monoisotopic (exact) mass is 561 g/mol. The first-order valence-corrected chi connectivity index (χ1v) is 12.0. The maximum absolute atomic E-state index is 13.2. The smallest absolute Gasteiger partial charge is 0.416 e. The number of likely N-dealkylation sites (tertiary alicyclic amines) is 1. The van der Waals surface area contributed by atoms with Crippen molar-refractivity contribution in [1.82, 2.24) is 25.1 Å². The summed E-state index contributed by atoms with van der Waals surface area (Å²) in [5, 5.41) is 11.7. The van der Waals surface area contributed by atoms with Gasteiger partial charge >= 0.3 is 18.4 Å². The number of alkyl halides is 6. The van der Waals surface area contributed by atoms with Crippen LogP contribution in [0.2, 0.25) is 5.02 Å². The van der Waals surface area contributed by atoms with E-state index in [9.17, 15) is 31.1 Å². The van der Waals surface area contributed by atoms with Crippen molar-refractivity contribution in [2.45, 2.75) is 44.3 Å². The minimum atomic E-state index is -4.90. The van der Waals surface area contributed by atoms with Crippen molar-refractivity contribution < 1.29 is 35.9 Å². The zero-order valence-corrected chi connectivity index (χ0v) is 20.5. The number of rotatable bonds is 6. The predicted molar refractivity (Wildman–Crippen MR) is 123 cm³/mol. The number of aromatic nitrogens is 4. The molecule has 7 nitrogen and oxygen atoms in total. The molecule has 38 heavy (non-hydrogen) atoms. The van der Waals surface area contributed by atoms with Crippen LogP contribution in [0, 0.1) is 5.92 Å². The molecule has 1 unspecified atom stereocenters. The van der Waals surface area contributed by atoms with Crippen LogP contribution in [0.5, 0.6) is 0 Å². The summed E-state index contributed by atoms with van der Waals surface area (Å²) in [5.41, 5.74) is -2.18. The Bertz CT molecular complexity index is 1210. The fourth-order valence-electron chi connectivity index (χ4n) is 4.34. The van der Waals surface area contributed by atoms with Crippen LogP contribution in [0.4, 0.5) is 31.1 Å². The summed E-state index contributed by atoms with van der Waals surface area (Å²) in [6.45, 7) is 0.514. The molecule has 204 valence electrons. The molecule has 3 aromatic rings. The number of benzene rings is 2. The largest absolute Gasteiger partial charge is 0.439 e. The first kappa shape index (κ1) is 27.7. The molecule has 0 aliphatic carbocycles. The van der Waals surface area contributed by atoms with E-state index in [0.29, 0.717) is 23.4 Å². The third-order valence-corrected chi connectivity index (χ3v) is 6.60. The number of tetrazole rings is 1. The maximum atomic E-state index is 13.2. The average Bonchev–Trinajstić information content (AvgIpc) is 3.36. The summed E-state index contributed by atoms with van der Waals surface area (Å²) < 4.78 is 84.8. The number of carbonyl (C=O) groups excluding carboxylic acids is 1. The molecule has 1 fully saturated rings. The highest BCUT2D eigenvalue weighted by molar-refractivity contribution is 6.31. The Morgan fingerprint density at radius 3 is 2.21 bits per heavy atom. The number of carbonyl (C=O) groups is 1. The van der Waals surface area contributed by atoms with E-state index in [1.54, 1.807) is 24.3 Å². The average molecular weight is 562 g/mol. The Kier molecular flexibility index (Phi) is 8.14. The van der Waals surface area contributed by atoms with E-state index in [1.165, 1.54) is 16.0 Å². The Morgan fingerprint density at radius 1 is 1.03 bits per heavy atom. The topological polar surface area (TPSA) is 73.1 Å². The van der Waals surface area contributed by atoms with Gasteiger partial charge in [-0.2, -0.15) is 31.1 Å². The summed E-state index contributed by atoms with van der Waals surface area (Å²) in [7, 11) is 0. The van der Waals surface area contributed by atoms with E-state index in [0.717, 1.165) is 12.1 Å². The fourth-order valence-corrected chi connectivity index (χ4v) is 4.60. The summed E-state index contributed by atoms with van der Waals surface area (Å²) in [4.78, 5) is 15.6. The third kappa shape index (κ3) is 6.94. The molecular weight excluding hydrogens is 540 g/mol. The fraction of sp³-hybridized carbons (Fsp3) is 0.417. The summed E-state index contributed by atoms with van der Waals surface area (Å²) >= 11 is 6.29. The Morgan fingerprint density at radius 2 is 1.66 bits per heavy atom. The first-order valence-electron chi connectivity index (χ1n) is 11.6. The molecule has 4 rings (SSSR count). The van der Waals surface area contributed by atoms with Gasteiger partial charge in [0.1, 0.15) is 6.54 Å². The van der Waals surface area contributed by atoms with Crippen LogP contribution in [0.15, 0.2) is 48.8 Å². The molecule has 2 heterocycles. The van der Waals surface area contributed by atoms with Gasteiger partial charge < -0.3 is 9.64 Å². The molecule has 1 aromatic heterocycles. The van der Waals surface area contributed by atoms with Gasteiger partial charge in [-0.25, -0.2) is 4.79 Å². The highest BCUT2D eigenvalue weighted by Crippen LogP contribution is 2.37. The van der Waals surface area contributed by atoms with Crippen molar-refractivity contribution in [3.05, 3.63) is 76.1 Å². The predicted octanol–water partition coefficient (Wildman–Crippen LogP) is 6.20. The number of amides is 1. The van der Waals surface area contributed by atoms with Crippen LogP contribution in [0.1, 0.15) is 41.2 Å². The van der Waals surface area contributed by atoms with Gasteiger partial charge in [-0.05, 0) is 60.2 Å². The minimum Gasteiger partial charge on any atom is -0.439 e. The van der Waals surface area contributed by atoms with Crippen LogP contribution in [0.25, 0.3) is 0 Å². The molecule has 2 aromatic carbocycles. The van der Waals surface area contributed by atoms with Crippen LogP contribution in [-0.2, 0) is 30.1 Å². The van der Waals surface area contributed by atoms with Crippen LogP contribution >= 0.6 is 11.6 Å². The number of ether oxygens (including phenoxy) is 1. The molecule has 0 N–H and O–H groups in total. The van der Waals surface area contributed by atoms with E-state index in [-0.39, 0.29) is 43.6 Å². The number of hydrogen-bond donors (Lipinski definition) is 0. The first-order chi connectivity index (χ1) is 17.9. The van der Waals surface area contributed by atoms with Crippen molar-refractivity contribution in [3.63, 3.8) is 0 Å². The molecule has 0 bridgehead atoms. The normalized spacial score (nSPS) is 15.9. The van der Waals surface area contributed by atoms with E-state index >= 15 is 0 Å². The van der Waals surface area contributed by atoms with Gasteiger partial charge in [0.15, 0.2) is 12.4 Å². The van der Waals surface area contributed by atoms with E-state index in [2.05, 4.69) is 15.4 Å². The van der Waals surface area contributed by atoms with Crippen molar-refractivity contribution in [1.29, 1.82) is 0 Å². The summed E-state index contributed by atoms with van der Waals surface area (Å²) in [5.74, 6) is -0.206. The molecule has 0 radical (unpaired) electrons.